The van der Waals surface area contributed by atoms with Crippen LogP contribution in [0.1, 0.15) is 64.4 Å². The highest BCUT2D eigenvalue weighted by atomic mass is 19.3. The minimum atomic E-state index is -3.37. The van der Waals surface area contributed by atoms with E-state index in [-0.39, 0.29) is 40.7 Å². The van der Waals surface area contributed by atoms with E-state index in [4.69, 9.17) is 5.73 Å². The number of benzene rings is 1. The van der Waals surface area contributed by atoms with Crippen LogP contribution in [0.15, 0.2) is 51.9 Å². The predicted octanol–water partition coefficient (Wildman–Crippen LogP) is 5.94. The predicted molar refractivity (Wildman–Crippen MR) is 151 cm³/mol. The molecule has 2 aliphatic carbocycles. The lowest BCUT2D eigenvalue weighted by Crippen LogP contribution is -2.39. The Morgan fingerprint density at radius 2 is 1.90 bits per heavy atom. The molecule has 40 heavy (non-hydrogen) atoms. The largest absolute Gasteiger partial charge is 0.439 e. The first-order valence-electron chi connectivity index (χ1n) is 14.0. The first-order valence-corrected chi connectivity index (χ1v) is 14.0. The number of hydrogen-bond donors (Lipinski definition) is 3. The van der Waals surface area contributed by atoms with Gasteiger partial charge in [-0.3, -0.25) is 9.51 Å². The highest BCUT2D eigenvalue weighted by Crippen LogP contribution is 2.44. The molecule has 0 saturated heterocycles. The Labute approximate surface area is 232 Å². The van der Waals surface area contributed by atoms with Crippen molar-refractivity contribution in [1.29, 1.82) is 0 Å². The fourth-order valence-corrected chi connectivity index (χ4v) is 5.63. The molecule has 9 nitrogen and oxygen atoms in total. The van der Waals surface area contributed by atoms with Gasteiger partial charge in [0.05, 0.1) is 5.70 Å². The number of nitrogens with one attached hydrogen (secondary N) is 2. The molecule has 2 saturated carbocycles. The maximum Gasteiger partial charge on any atom is 0.439 e. The second-order valence-electron chi connectivity index (χ2n) is 11.3. The number of aromatic nitrogens is 4. The molecule has 214 valence electrons. The van der Waals surface area contributed by atoms with Crippen LogP contribution in [0.4, 0.5) is 26.1 Å². The van der Waals surface area contributed by atoms with E-state index in [9.17, 15) is 4.79 Å². The monoisotopic (exact) mass is 553 g/mol. The van der Waals surface area contributed by atoms with Crippen LogP contribution < -0.4 is 21.7 Å². The number of hydrogen-bond acceptors (Lipinski definition) is 8. The van der Waals surface area contributed by atoms with Crippen molar-refractivity contribution in [2.75, 3.05) is 22.5 Å². The Hall–Kier alpha value is -3.76. The summed E-state index contributed by atoms with van der Waals surface area (Å²) in [4.78, 5) is 24.6. The molecule has 3 aromatic rings. The lowest BCUT2D eigenvalue weighted by atomic mass is 9.80. The van der Waals surface area contributed by atoms with Crippen molar-refractivity contribution in [2.24, 2.45) is 17.8 Å². The summed E-state index contributed by atoms with van der Waals surface area (Å²) in [6.45, 7) is 8.50. The van der Waals surface area contributed by atoms with Crippen LogP contribution in [0.5, 0.6) is 0 Å². The number of nitrogens with zero attached hydrogens (tertiary/aromatic N) is 4. The van der Waals surface area contributed by atoms with Crippen LogP contribution in [0, 0.1) is 17.8 Å². The first-order chi connectivity index (χ1) is 19.1. The minimum Gasteiger partial charge on any atom is -0.382 e. The van der Waals surface area contributed by atoms with Crippen LogP contribution in [-0.2, 0) is 5.92 Å². The third-order valence-corrected chi connectivity index (χ3v) is 8.46. The number of alkyl halides is 2. The van der Waals surface area contributed by atoms with Crippen LogP contribution in [0.3, 0.4) is 0 Å². The molecule has 2 heterocycles. The molecule has 0 amide bonds. The zero-order chi connectivity index (χ0) is 28.4. The number of nitrogens with two attached hydrogens (primary N) is 1. The number of allylic oxidation sites excluding steroid dienone is 1. The van der Waals surface area contributed by atoms with Gasteiger partial charge in [-0.05, 0) is 50.4 Å². The van der Waals surface area contributed by atoms with E-state index in [1.165, 1.54) is 17.0 Å². The molecule has 5 rings (SSSR count). The lowest BCUT2D eigenvalue weighted by Gasteiger charge is -2.38. The van der Waals surface area contributed by atoms with Crippen LogP contribution in [0.2, 0.25) is 0 Å². The molecule has 1 atom stereocenters. The van der Waals surface area contributed by atoms with Gasteiger partial charge in [-0.1, -0.05) is 68.3 Å². The normalized spacial score (nSPS) is 20.5. The highest BCUT2D eigenvalue weighted by molar-refractivity contribution is 5.81. The molecule has 0 aliphatic heterocycles. The number of H-pyrrole nitrogens is 1. The zero-order valence-corrected chi connectivity index (χ0v) is 23.0. The van der Waals surface area contributed by atoms with Crippen molar-refractivity contribution >= 4 is 17.3 Å². The third-order valence-electron chi connectivity index (χ3n) is 8.46. The second kappa shape index (κ2) is 11.4. The maximum absolute atomic E-state index is 16.1. The summed E-state index contributed by atoms with van der Waals surface area (Å²) in [6.07, 6.45) is 7.19. The molecule has 0 spiro atoms. The molecule has 2 fully saturated rings. The SMILES string of the molecule is C=C(N(CC1CCC(C)CC1)c1c(N)nc(-c2noc(=O)[nH]2)nc1N[C@H](C)C1CCC1)C(F)(F)c1ccccc1. The van der Waals surface area contributed by atoms with Gasteiger partial charge < -0.3 is 16.0 Å². The number of anilines is 3. The Kier molecular flexibility index (Phi) is 7.91. The standard InChI is InChI=1S/C29H37F2N7O2/c1-17-12-14-20(15-13-17)16-38(19(3)29(30,31)22-10-5-4-6-11-22)23-24(32)34-26(27-36-28(39)40-37-27)35-25(23)33-18(2)21-8-7-9-21/h4-6,10-11,17-18,20-21H,3,7-9,12-16H2,1-2H3,(H,36,37,39)(H3,32,33,34,35)/t17?,18-,20?/m1/s1. The van der Waals surface area contributed by atoms with E-state index in [1.54, 1.807) is 18.2 Å². The average molecular weight is 554 g/mol. The van der Waals surface area contributed by atoms with Gasteiger partial charge in [0.15, 0.2) is 11.6 Å². The molecule has 4 N–H and O–H groups in total. The van der Waals surface area contributed by atoms with Gasteiger partial charge in [0, 0.05) is 18.2 Å². The van der Waals surface area contributed by atoms with Crippen molar-refractivity contribution < 1.29 is 13.3 Å². The van der Waals surface area contributed by atoms with Gasteiger partial charge in [0.25, 0.3) is 0 Å². The van der Waals surface area contributed by atoms with E-state index in [0.717, 1.165) is 44.9 Å². The van der Waals surface area contributed by atoms with Gasteiger partial charge in [0.1, 0.15) is 5.69 Å². The van der Waals surface area contributed by atoms with Gasteiger partial charge in [-0.25, -0.2) is 14.8 Å². The number of halogens is 2. The molecular formula is C29H37F2N7O2. The van der Waals surface area contributed by atoms with Crippen molar-refractivity contribution in [3.8, 4) is 11.6 Å². The Morgan fingerprint density at radius 3 is 2.50 bits per heavy atom. The fraction of sp³-hybridized carbons (Fsp3) is 0.517. The van der Waals surface area contributed by atoms with E-state index in [1.807, 2.05) is 6.92 Å². The first kappa shape index (κ1) is 27.8. The van der Waals surface area contributed by atoms with E-state index in [0.29, 0.717) is 24.2 Å². The summed E-state index contributed by atoms with van der Waals surface area (Å²) in [6, 6.07) is 7.67. The highest BCUT2D eigenvalue weighted by Gasteiger charge is 2.41. The summed E-state index contributed by atoms with van der Waals surface area (Å²) < 4.78 is 36.8. The molecule has 0 unspecified atom stereocenters. The van der Waals surface area contributed by atoms with Gasteiger partial charge in [-0.2, -0.15) is 8.78 Å². The quantitative estimate of drug-likeness (QED) is 0.282. The van der Waals surface area contributed by atoms with Crippen LogP contribution in [-0.4, -0.2) is 32.7 Å². The Bertz CT molecular complexity index is 1380. The van der Waals surface area contributed by atoms with Crippen molar-refractivity contribution in [3.63, 3.8) is 0 Å². The molecular weight excluding hydrogens is 516 g/mol. The second-order valence-corrected chi connectivity index (χ2v) is 11.3. The van der Waals surface area contributed by atoms with Gasteiger partial charge >= 0.3 is 11.7 Å². The number of nitrogen functional groups attached to an aromatic ring is 1. The molecule has 11 heteroatoms. The van der Waals surface area contributed by atoms with E-state index < -0.39 is 17.4 Å². The summed E-state index contributed by atoms with van der Waals surface area (Å²) in [5.41, 5.74) is 6.24. The lowest BCUT2D eigenvalue weighted by molar-refractivity contribution is 0.0347. The van der Waals surface area contributed by atoms with Crippen molar-refractivity contribution in [1.82, 2.24) is 20.1 Å². The summed E-state index contributed by atoms with van der Waals surface area (Å²) in [7, 11) is 0. The zero-order valence-electron chi connectivity index (χ0n) is 23.0. The Morgan fingerprint density at radius 1 is 1.20 bits per heavy atom. The van der Waals surface area contributed by atoms with Crippen molar-refractivity contribution in [3.05, 3.63) is 58.7 Å². The molecule has 0 bridgehead atoms. The smallest absolute Gasteiger partial charge is 0.382 e. The summed E-state index contributed by atoms with van der Waals surface area (Å²) in [5, 5.41) is 7.13. The topological polar surface area (TPSA) is 126 Å². The van der Waals surface area contributed by atoms with E-state index in [2.05, 4.69) is 43.5 Å². The fourth-order valence-electron chi connectivity index (χ4n) is 5.63. The summed E-state index contributed by atoms with van der Waals surface area (Å²) in [5.74, 6) is -2.64. The van der Waals surface area contributed by atoms with Gasteiger partial charge in [-0.15, -0.1) is 0 Å². The average Bonchev–Trinajstić information content (AvgIpc) is 3.34. The van der Waals surface area contributed by atoms with Crippen LogP contribution in [0.25, 0.3) is 11.6 Å². The molecule has 2 aliphatic rings. The van der Waals surface area contributed by atoms with Gasteiger partial charge in [0.2, 0.25) is 11.6 Å². The van der Waals surface area contributed by atoms with Crippen LogP contribution >= 0.6 is 0 Å². The van der Waals surface area contributed by atoms with E-state index >= 15 is 8.78 Å². The maximum atomic E-state index is 16.1. The Balaban J connectivity index is 1.60. The molecule has 1 aromatic carbocycles. The molecule has 2 aromatic heterocycles. The molecule has 0 radical (unpaired) electrons. The minimum absolute atomic E-state index is 0.00357. The van der Waals surface area contributed by atoms with Crippen molar-refractivity contribution in [2.45, 2.75) is 70.8 Å². The number of aromatic amines is 1. The summed E-state index contributed by atoms with van der Waals surface area (Å²) >= 11 is 0. The third kappa shape index (κ3) is 5.73. The number of rotatable bonds is 10.